The molecular weight excluding hydrogens is 182 g/mol. The Morgan fingerprint density at radius 2 is 2.08 bits per heavy atom. The van der Waals surface area contributed by atoms with Gasteiger partial charge in [-0.05, 0) is 24.3 Å². The maximum absolute atomic E-state index is 9.90. The summed E-state index contributed by atoms with van der Waals surface area (Å²) in [5.74, 6) is 2.16. The third-order valence-electron chi connectivity index (χ3n) is 2.82. The molecule has 0 heterocycles. The number of hydrogen-bond donors (Lipinski definition) is 2. The predicted octanol–water partition coefficient (Wildman–Crippen LogP) is 1.87. The lowest BCUT2D eigenvalue weighted by Gasteiger charge is -2.32. The zero-order valence-electron chi connectivity index (χ0n) is 9.05. The van der Waals surface area contributed by atoms with Crippen LogP contribution >= 0.6 is 11.8 Å². The molecule has 0 aliphatic carbocycles. The number of rotatable bonds is 7. The largest absolute Gasteiger partial charge is 0.392 e. The van der Waals surface area contributed by atoms with E-state index in [9.17, 15) is 5.11 Å². The molecule has 0 rings (SSSR count). The maximum atomic E-state index is 9.90. The molecule has 3 N–H and O–H groups in total. The summed E-state index contributed by atoms with van der Waals surface area (Å²) in [4.78, 5) is 0. The summed E-state index contributed by atoms with van der Waals surface area (Å²) in [6, 6.07) is 0. The monoisotopic (exact) mass is 205 g/mol. The van der Waals surface area contributed by atoms with Crippen LogP contribution in [-0.4, -0.2) is 29.3 Å². The van der Waals surface area contributed by atoms with Crippen molar-refractivity contribution in [3.63, 3.8) is 0 Å². The summed E-state index contributed by atoms with van der Waals surface area (Å²) in [6.45, 7) is 6.86. The Morgan fingerprint density at radius 1 is 1.46 bits per heavy atom. The van der Waals surface area contributed by atoms with Crippen molar-refractivity contribution in [1.82, 2.24) is 0 Å². The van der Waals surface area contributed by atoms with Gasteiger partial charge < -0.3 is 10.8 Å². The van der Waals surface area contributed by atoms with E-state index >= 15 is 0 Å². The standard InChI is InChI=1S/C10H23NOS/c1-4-10(3,8-11)9(12)6-7-13-5-2/h9,12H,4-8,11H2,1-3H3. The first-order valence-corrected chi connectivity index (χ1v) is 6.22. The lowest BCUT2D eigenvalue weighted by atomic mass is 9.80. The van der Waals surface area contributed by atoms with Crippen molar-refractivity contribution in [3.05, 3.63) is 0 Å². The summed E-state index contributed by atoms with van der Waals surface area (Å²) in [6.07, 6.45) is 1.56. The molecule has 0 aromatic rings. The van der Waals surface area contributed by atoms with Gasteiger partial charge in [0.2, 0.25) is 0 Å². The quantitative estimate of drug-likeness (QED) is 0.624. The number of hydrogen-bond acceptors (Lipinski definition) is 3. The second-order valence-corrected chi connectivity index (χ2v) is 5.11. The topological polar surface area (TPSA) is 46.2 Å². The van der Waals surface area contributed by atoms with E-state index in [0.29, 0.717) is 6.54 Å². The van der Waals surface area contributed by atoms with Crippen LogP contribution in [0.1, 0.15) is 33.6 Å². The van der Waals surface area contributed by atoms with E-state index in [1.807, 2.05) is 11.8 Å². The molecule has 80 valence electrons. The molecule has 0 aliphatic rings. The molecule has 0 bridgehead atoms. The van der Waals surface area contributed by atoms with Gasteiger partial charge in [0, 0.05) is 12.0 Å². The van der Waals surface area contributed by atoms with Gasteiger partial charge in [-0.2, -0.15) is 11.8 Å². The highest BCUT2D eigenvalue weighted by Gasteiger charge is 2.28. The summed E-state index contributed by atoms with van der Waals surface area (Å²) < 4.78 is 0. The van der Waals surface area contributed by atoms with E-state index in [-0.39, 0.29) is 11.5 Å². The summed E-state index contributed by atoms with van der Waals surface area (Å²) in [5, 5.41) is 9.90. The second-order valence-electron chi connectivity index (χ2n) is 3.71. The molecule has 0 aromatic heterocycles. The van der Waals surface area contributed by atoms with E-state index in [2.05, 4.69) is 20.8 Å². The van der Waals surface area contributed by atoms with Gasteiger partial charge in [0.1, 0.15) is 0 Å². The van der Waals surface area contributed by atoms with Crippen LogP contribution in [0.2, 0.25) is 0 Å². The highest BCUT2D eigenvalue weighted by Crippen LogP contribution is 2.27. The molecule has 0 amide bonds. The summed E-state index contributed by atoms with van der Waals surface area (Å²) in [7, 11) is 0. The van der Waals surface area contributed by atoms with Crippen LogP contribution in [-0.2, 0) is 0 Å². The van der Waals surface area contributed by atoms with Gasteiger partial charge in [-0.3, -0.25) is 0 Å². The second kappa shape index (κ2) is 6.68. The average Bonchev–Trinajstić information content (AvgIpc) is 2.17. The molecule has 0 aromatic carbocycles. The van der Waals surface area contributed by atoms with Crippen LogP contribution in [0, 0.1) is 5.41 Å². The molecule has 2 unspecified atom stereocenters. The Balaban J connectivity index is 3.84. The molecule has 0 aliphatic heterocycles. The van der Waals surface area contributed by atoms with Crippen molar-refractivity contribution in [1.29, 1.82) is 0 Å². The van der Waals surface area contributed by atoms with Crippen LogP contribution in [0.4, 0.5) is 0 Å². The molecule has 0 spiro atoms. The highest BCUT2D eigenvalue weighted by atomic mass is 32.2. The van der Waals surface area contributed by atoms with Gasteiger partial charge >= 0.3 is 0 Å². The molecule has 0 radical (unpaired) electrons. The van der Waals surface area contributed by atoms with E-state index in [0.717, 1.165) is 24.3 Å². The van der Waals surface area contributed by atoms with Crippen LogP contribution in [0.3, 0.4) is 0 Å². The zero-order valence-corrected chi connectivity index (χ0v) is 9.86. The SMILES string of the molecule is CCSCCC(O)C(C)(CC)CN. The van der Waals surface area contributed by atoms with Gasteiger partial charge in [0.15, 0.2) is 0 Å². The number of nitrogens with two attached hydrogens (primary N) is 1. The first-order valence-electron chi connectivity index (χ1n) is 5.06. The zero-order chi connectivity index (χ0) is 10.3. The fraction of sp³-hybridized carbons (Fsp3) is 1.00. The van der Waals surface area contributed by atoms with Crippen LogP contribution in [0.5, 0.6) is 0 Å². The van der Waals surface area contributed by atoms with Gasteiger partial charge in [-0.1, -0.05) is 20.8 Å². The van der Waals surface area contributed by atoms with Crippen LogP contribution in [0.15, 0.2) is 0 Å². The van der Waals surface area contributed by atoms with E-state index in [4.69, 9.17) is 5.73 Å². The van der Waals surface area contributed by atoms with Crippen molar-refractivity contribution in [2.45, 2.75) is 39.7 Å². The van der Waals surface area contributed by atoms with E-state index < -0.39 is 0 Å². The van der Waals surface area contributed by atoms with Crippen molar-refractivity contribution in [2.75, 3.05) is 18.1 Å². The smallest absolute Gasteiger partial charge is 0.0613 e. The lowest BCUT2D eigenvalue weighted by molar-refractivity contribution is 0.0384. The molecule has 0 saturated carbocycles. The summed E-state index contributed by atoms with van der Waals surface area (Å²) >= 11 is 1.87. The van der Waals surface area contributed by atoms with Gasteiger partial charge in [-0.15, -0.1) is 0 Å². The molecule has 0 fully saturated rings. The third kappa shape index (κ3) is 4.34. The minimum Gasteiger partial charge on any atom is -0.392 e. The first kappa shape index (κ1) is 13.3. The lowest BCUT2D eigenvalue weighted by Crippen LogP contribution is -2.39. The molecule has 2 nitrogen and oxygen atoms in total. The van der Waals surface area contributed by atoms with Crippen molar-refractivity contribution in [2.24, 2.45) is 11.1 Å². The Morgan fingerprint density at radius 3 is 2.46 bits per heavy atom. The normalized spacial score (nSPS) is 18.2. The van der Waals surface area contributed by atoms with Crippen molar-refractivity contribution < 1.29 is 5.11 Å². The van der Waals surface area contributed by atoms with Gasteiger partial charge in [-0.25, -0.2) is 0 Å². The van der Waals surface area contributed by atoms with Crippen molar-refractivity contribution >= 4 is 11.8 Å². The first-order chi connectivity index (χ1) is 6.10. The van der Waals surface area contributed by atoms with Crippen LogP contribution in [0.25, 0.3) is 0 Å². The van der Waals surface area contributed by atoms with Gasteiger partial charge in [0.05, 0.1) is 6.10 Å². The Bertz CT molecular complexity index is 126. The Kier molecular flexibility index (Phi) is 6.82. The molecule has 2 atom stereocenters. The third-order valence-corrected chi connectivity index (χ3v) is 3.75. The molecular formula is C10H23NOS. The minimum atomic E-state index is -0.249. The fourth-order valence-electron chi connectivity index (χ4n) is 1.20. The Labute approximate surface area is 86.3 Å². The predicted molar refractivity (Wildman–Crippen MR) is 61.1 cm³/mol. The molecule has 3 heteroatoms. The minimum absolute atomic E-state index is 0.0890. The number of aliphatic hydroxyl groups is 1. The molecule has 0 saturated heterocycles. The Hall–Kier alpha value is 0.270. The van der Waals surface area contributed by atoms with Gasteiger partial charge in [0.25, 0.3) is 0 Å². The molecule has 13 heavy (non-hydrogen) atoms. The van der Waals surface area contributed by atoms with E-state index in [1.165, 1.54) is 0 Å². The van der Waals surface area contributed by atoms with Crippen LogP contribution < -0.4 is 5.73 Å². The average molecular weight is 205 g/mol. The maximum Gasteiger partial charge on any atom is 0.0613 e. The van der Waals surface area contributed by atoms with Crippen molar-refractivity contribution in [3.8, 4) is 0 Å². The highest BCUT2D eigenvalue weighted by molar-refractivity contribution is 7.99. The van der Waals surface area contributed by atoms with E-state index in [1.54, 1.807) is 0 Å². The summed E-state index contributed by atoms with van der Waals surface area (Å²) in [5.41, 5.74) is 5.57. The fourth-order valence-corrected chi connectivity index (χ4v) is 1.88. The number of thioether (sulfide) groups is 1. The number of aliphatic hydroxyl groups excluding tert-OH is 1.